The van der Waals surface area contributed by atoms with Crippen molar-refractivity contribution < 1.29 is 9.13 Å². The number of non-ortho nitro benzene ring substituents is 1. The Balaban J connectivity index is 2.34. The van der Waals surface area contributed by atoms with Crippen molar-refractivity contribution in [3.8, 4) is 0 Å². The summed E-state index contributed by atoms with van der Waals surface area (Å²) < 4.78 is 16.3. The van der Waals surface area contributed by atoms with E-state index in [1.807, 2.05) is 51.1 Å². The molecule has 2 aromatic carbocycles. The molecule has 0 saturated heterocycles. The first-order valence-corrected chi connectivity index (χ1v) is 8.87. The molecule has 0 saturated carbocycles. The predicted octanol–water partition coefficient (Wildman–Crippen LogP) is 4.56. The van der Waals surface area contributed by atoms with Gasteiger partial charge in [-0.05, 0) is 44.5 Å². The summed E-state index contributed by atoms with van der Waals surface area (Å²) in [5, 5.41) is 10.7. The average Bonchev–Trinajstić information content (AvgIpc) is 2.58. The van der Waals surface area contributed by atoms with Crippen LogP contribution < -0.4 is 0 Å². The van der Waals surface area contributed by atoms with Gasteiger partial charge in [0.15, 0.2) is 0 Å². The summed E-state index contributed by atoms with van der Waals surface area (Å²) in [5.74, 6) is 0. The number of nitro groups is 1. The second-order valence-electron chi connectivity index (χ2n) is 6.39. The van der Waals surface area contributed by atoms with Crippen molar-refractivity contribution in [2.45, 2.75) is 25.5 Å². The summed E-state index contributed by atoms with van der Waals surface area (Å²) in [6.07, 6.45) is 3.58. The fourth-order valence-electron chi connectivity index (χ4n) is 1.90. The zero-order valence-corrected chi connectivity index (χ0v) is 15.2. The van der Waals surface area contributed by atoms with Crippen molar-refractivity contribution in [2.75, 3.05) is 0 Å². The summed E-state index contributed by atoms with van der Waals surface area (Å²) in [4.78, 5) is 10.3. The van der Waals surface area contributed by atoms with Crippen molar-refractivity contribution in [3.05, 3.63) is 81.9 Å². The monoisotopic (exact) mass is 356 g/mol. The third kappa shape index (κ3) is 5.46. The maximum Gasteiger partial charge on any atom is 0.269 e. The molecule has 2 aromatic rings. The molecule has 0 fully saturated rings. The third-order valence-electron chi connectivity index (χ3n) is 3.31. The van der Waals surface area contributed by atoms with Crippen LogP contribution in [0.15, 0.2) is 65.1 Å². The molecule has 0 radical (unpaired) electrons. The lowest BCUT2D eigenvalue weighted by atomic mass is 10.1. The van der Waals surface area contributed by atoms with Gasteiger partial charge in [-0.3, -0.25) is 10.1 Å². The molecule has 0 aliphatic rings. The average molecular weight is 356 g/mol. The molecule has 0 bridgehead atoms. The minimum Gasteiger partial charge on any atom is -0.258 e. The molecule has 0 amide bonds. The Kier molecular flexibility index (Phi) is 5.98. The number of allylic oxidation sites excluding steroid dienone is 1. The molecule has 0 aliphatic heterocycles. The summed E-state index contributed by atoms with van der Waals surface area (Å²) in [6, 6.07) is 15.7. The van der Waals surface area contributed by atoms with Gasteiger partial charge >= 0.3 is 0 Å². The predicted molar refractivity (Wildman–Crippen MR) is 103 cm³/mol. The van der Waals surface area contributed by atoms with Gasteiger partial charge in [0, 0.05) is 17.7 Å². The van der Waals surface area contributed by atoms with Gasteiger partial charge in [-0.2, -0.15) is 4.40 Å². The van der Waals surface area contributed by atoms with Gasteiger partial charge in [0.2, 0.25) is 0 Å². The molecule has 1 unspecified atom stereocenters. The Morgan fingerprint density at radius 2 is 1.68 bits per heavy atom. The van der Waals surface area contributed by atoms with Gasteiger partial charge < -0.3 is 0 Å². The number of rotatable bonds is 5. The minimum atomic E-state index is -1.39. The van der Waals surface area contributed by atoms with Crippen LogP contribution in [0.2, 0.25) is 0 Å². The Bertz CT molecular complexity index is 820. The molecule has 0 aliphatic carbocycles. The Labute approximate surface area is 149 Å². The van der Waals surface area contributed by atoms with E-state index in [0.29, 0.717) is 5.71 Å². The van der Waals surface area contributed by atoms with Gasteiger partial charge in [-0.15, -0.1) is 0 Å². The van der Waals surface area contributed by atoms with Crippen LogP contribution in [-0.2, 0) is 11.0 Å². The molecular formula is C19H20N2O3S. The fourth-order valence-corrected chi connectivity index (χ4v) is 2.52. The van der Waals surface area contributed by atoms with Crippen molar-refractivity contribution in [3.63, 3.8) is 0 Å². The largest absolute Gasteiger partial charge is 0.269 e. The molecule has 1 atom stereocenters. The second-order valence-corrected chi connectivity index (χ2v) is 8.29. The molecule has 25 heavy (non-hydrogen) atoms. The normalized spacial score (nSPS) is 13.8. The van der Waals surface area contributed by atoms with Crippen LogP contribution in [-0.4, -0.2) is 19.6 Å². The molecule has 0 aromatic heterocycles. The number of hydrogen-bond donors (Lipinski definition) is 0. The Morgan fingerprint density at radius 3 is 2.20 bits per heavy atom. The highest BCUT2D eigenvalue weighted by atomic mass is 32.2. The molecule has 2 rings (SSSR count). The maximum absolute atomic E-state index is 12.4. The van der Waals surface area contributed by atoms with E-state index in [0.717, 1.165) is 11.1 Å². The number of nitrogens with zero attached hydrogens (tertiary/aromatic N) is 2. The molecule has 5 nitrogen and oxygen atoms in total. The van der Waals surface area contributed by atoms with Gasteiger partial charge in [-0.1, -0.05) is 36.4 Å². The van der Waals surface area contributed by atoms with Gasteiger partial charge in [-0.25, -0.2) is 4.21 Å². The van der Waals surface area contributed by atoms with Gasteiger partial charge in [0.05, 0.1) is 15.4 Å². The summed E-state index contributed by atoms with van der Waals surface area (Å²) in [5.41, 5.74) is 2.31. The summed E-state index contributed by atoms with van der Waals surface area (Å²) >= 11 is 0. The first-order valence-electron chi connectivity index (χ1n) is 7.76. The van der Waals surface area contributed by atoms with E-state index in [1.165, 1.54) is 12.1 Å². The van der Waals surface area contributed by atoms with E-state index >= 15 is 0 Å². The highest BCUT2D eigenvalue weighted by molar-refractivity contribution is 7.85. The highest BCUT2D eigenvalue weighted by Gasteiger charge is 2.19. The minimum absolute atomic E-state index is 0.0444. The van der Waals surface area contributed by atoms with Crippen LogP contribution in [0, 0.1) is 10.1 Å². The molecule has 130 valence electrons. The first-order chi connectivity index (χ1) is 11.8. The lowest BCUT2D eigenvalue weighted by Crippen LogP contribution is -2.20. The number of benzene rings is 2. The molecule has 6 heteroatoms. The van der Waals surface area contributed by atoms with Gasteiger partial charge in [0.1, 0.15) is 11.0 Å². The van der Waals surface area contributed by atoms with E-state index in [1.54, 1.807) is 24.3 Å². The van der Waals surface area contributed by atoms with Crippen LogP contribution >= 0.6 is 0 Å². The molecular weight excluding hydrogens is 336 g/mol. The maximum atomic E-state index is 12.4. The van der Waals surface area contributed by atoms with Crippen molar-refractivity contribution in [1.29, 1.82) is 0 Å². The number of nitro benzene ring substituents is 1. The molecule has 0 spiro atoms. The van der Waals surface area contributed by atoms with Crippen LogP contribution in [0.4, 0.5) is 5.69 Å². The lowest BCUT2D eigenvalue weighted by molar-refractivity contribution is -0.384. The Morgan fingerprint density at radius 1 is 1.08 bits per heavy atom. The topological polar surface area (TPSA) is 72.6 Å². The van der Waals surface area contributed by atoms with Crippen LogP contribution in [0.1, 0.15) is 31.9 Å². The second kappa shape index (κ2) is 7.98. The van der Waals surface area contributed by atoms with Crippen LogP contribution in [0.5, 0.6) is 0 Å². The zero-order chi connectivity index (χ0) is 18.4. The van der Waals surface area contributed by atoms with E-state index in [-0.39, 0.29) is 5.69 Å². The zero-order valence-electron chi connectivity index (χ0n) is 14.4. The summed E-state index contributed by atoms with van der Waals surface area (Å²) in [7, 11) is -1.39. The number of hydrogen-bond acceptors (Lipinski definition) is 3. The fraction of sp³-hybridized carbons (Fsp3) is 0.211. The Hall–Kier alpha value is -2.60. The van der Waals surface area contributed by atoms with Crippen molar-refractivity contribution >= 4 is 28.5 Å². The standard InChI is InChI=1S/C19H20N2O3S/c1-19(2,3)25(24)20-18(16-7-5-4-6-8-16)14-11-15-9-12-17(13-10-15)21(22)23/h4-14H,1-3H3/b14-11+,20-18-. The van der Waals surface area contributed by atoms with Crippen molar-refractivity contribution in [1.82, 2.24) is 0 Å². The quantitative estimate of drug-likeness (QED) is 0.448. The van der Waals surface area contributed by atoms with E-state index in [9.17, 15) is 14.3 Å². The first kappa shape index (κ1) is 18.7. The molecule has 0 N–H and O–H groups in total. The van der Waals surface area contributed by atoms with Gasteiger partial charge in [0.25, 0.3) is 5.69 Å². The van der Waals surface area contributed by atoms with Crippen molar-refractivity contribution in [2.24, 2.45) is 4.40 Å². The lowest BCUT2D eigenvalue weighted by Gasteiger charge is -2.14. The third-order valence-corrected chi connectivity index (χ3v) is 4.72. The highest BCUT2D eigenvalue weighted by Crippen LogP contribution is 2.16. The van der Waals surface area contributed by atoms with Crippen LogP contribution in [0.25, 0.3) is 6.08 Å². The smallest absolute Gasteiger partial charge is 0.258 e. The van der Waals surface area contributed by atoms with E-state index < -0.39 is 20.7 Å². The van der Waals surface area contributed by atoms with E-state index in [4.69, 9.17) is 0 Å². The van der Waals surface area contributed by atoms with E-state index in [2.05, 4.69) is 4.40 Å². The molecule has 0 heterocycles. The summed E-state index contributed by atoms with van der Waals surface area (Å²) in [6.45, 7) is 5.61. The van der Waals surface area contributed by atoms with Crippen LogP contribution in [0.3, 0.4) is 0 Å². The SMILES string of the molecule is CC(C)(C)S(=O)/N=C(/C=C/c1ccc([N+](=O)[O-])cc1)c1ccccc1.